The zero-order valence-corrected chi connectivity index (χ0v) is 21.2. The average molecular weight is 500 g/mol. The molecule has 0 saturated carbocycles. The average Bonchev–Trinajstić information content (AvgIpc) is 3.19. The van der Waals surface area contributed by atoms with Crippen molar-refractivity contribution < 1.29 is 13.2 Å². The highest BCUT2D eigenvalue weighted by molar-refractivity contribution is 8.00. The Labute approximate surface area is 204 Å². The van der Waals surface area contributed by atoms with Gasteiger partial charge in [0.05, 0.1) is 33.3 Å². The molecule has 4 rings (SSSR count). The number of sulfone groups is 1. The summed E-state index contributed by atoms with van der Waals surface area (Å²) in [6, 6.07) is 14.6. The molecule has 1 aliphatic rings. The molecule has 34 heavy (non-hydrogen) atoms. The molecular weight excluding hydrogens is 470 g/mol. The number of aryl methyl sites for hydroxylation is 1. The fourth-order valence-electron chi connectivity index (χ4n) is 4.36. The minimum Gasteiger partial charge on any atom is -0.338 e. The second-order valence-electron chi connectivity index (χ2n) is 8.51. The Balaban J connectivity index is 1.71. The zero-order valence-electron chi connectivity index (χ0n) is 19.6. The lowest BCUT2D eigenvalue weighted by Gasteiger charge is -2.29. The van der Waals surface area contributed by atoms with E-state index in [0.29, 0.717) is 34.7 Å². The van der Waals surface area contributed by atoms with E-state index in [9.17, 15) is 18.0 Å². The quantitative estimate of drug-likeness (QED) is 0.365. The molecule has 2 aromatic carbocycles. The molecule has 2 atom stereocenters. The van der Waals surface area contributed by atoms with Crippen molar-refractivity contribution in [1.82, 2.24) is 14.5 Å². The molecule has 7 nitrogen and oxygen atoms in total. The van der Waals surface area contributed by atoms with Crippen LogP contribution in [-0.4, -0.2) is 58.1 Å². The first-order chi connectivity index (χ1) is 16.2. The van der Waals surface area contributed by atoms with Crippen LogP contribution in [0.1, 0.15) is 32.8 Å². The van der Waals surface area contributed by atoms with Gasteiger partial charge >= 0.3 is 0 Å². The van der Waals surface area contributed by atoms with Crippen molar-refractivity contribution in [3.05, 3.63) is 64.4 Å². The molecule has 180 valence electrons. The highest BCUT2D eigenvalue weighted by atomic mass is 32.2. The number of amides is 1. The second kappa shape index (κ2) is 9.92. The topological polar surface area (TPSA) is 89.3 Å². The number of carbonyl (C=O) groups excluding carboxylic acids is 1. The van der Waals surface area contributed by atoms with Gasteiger partial charge in [-0.15, -0.1) is 0 Å². The standard InChI is InChI=1S/C25H29N3O4S2/c1-4-18-10-12-19(13-11-18)28-24(30)21-8-6-7-9-22(21)26-25(28)33-17(3)23(29)27(5-2)20-14-15-34(31,32)16-20/h6-13,17,20H,4-5,14-16H2,1-3H3/t17-,20-/m0/s1. The summed E-state index contributed by atoms with van der Waals surface area (Å²) >= 11 is 1.23. The minimum atomic E-state index is -3.11. The highest BCUT2D eigenvalue weighted by Gasteiger charge is 2.35. The number of thioether (sulfide) groups is 1. The van der Waals surface area contributed by atoms with Crippen LogP contribution in [0.3, 0.4) is 0 Å². The fraction of sp³-hybridized carbons (Fsp3) is 0.400. The van der Waals surface area contributed by atoms with Gasteiger partial charge in [-0.05, 0) is 56.5 Å². The van der Waals surface area contributed by atoms with Crippen LogP contribution in [0.5, 0.6) is 0 Å². The van der Waals surface area contributed by atoms with Gasteiger partial charge in [0.25, 0.3) is 5.56 Å². The van der Waals surface area contributed by atoms with Gasteiger partial charge in [0.1, 0.15) is 0 Å². The summed E-state index contributed by atoms with van der Waals surface area (Å²) in [6.45, 7) is 6.15. The molecule has 0 bridgehead atoms. The van der Waals surface area contributed by atoms with Gasteiger partial charge in [-0.25, -0.2) is 13.4 Å². The summed E-state index contributed by atoms with van der Waals surface area (Å²) in [5.41, 5.74) is 2.24. The Morgan fingerprint density at radius 3 is 2.50 bits per heavy atom. The van der Waals surface area contributed by atoms with Gasteiger partial charge in [-0.1, -0.05) is 43.0 Å². The minimum absolute atomic E-state index is 0.00662. The summed E-state index contributed by atoms with van der Waals surface area (Å²) in [7, 11) is -3.11. The first kappa shape index (κ1) is 24.5. The van der Waals surface area contributed by atoms with Crippen LogP contribution in [0.4, 0.5) is 0 Å². The van der Waals surface area contributed by atoms with Crippen LogP contribution < -0.4 is 5.56 Å². The molecule has 0 aliphatic carbocycles. The van der Waals surface area contributed by atoms with Crippen molar-refractivity contribution in [3.8, 4) is 5.69 Å². The number of nitrogens with zero attached hydrogens (tertiary/aromatic N) is 3. The van der Waals surface area contributed by atoms with Crippen LogP contribution in [0, 0.1) is 0 Å². The Morgan fingerprint density at radius 1 is 1.18 bits per heavy atom. The third kappa shape index (κ3) is 4.90. The molecule has 1 amide bonds. The Hall–Kier alpha value is -2.65. The second-order valence-corrected chi connectivity index (χ2v) is 12.0. The van der Waals surface area contributed by atoms with Crippen molar-refractivity contribution in [2.45, 2.75) is 50.1 Å². The lowest BCUT2D eigenvalue weighted by molar-refractivity contribution is -0.131. The molecule has 0 unspecified atom stereocenters. The van der Waals surface area contributed by atoms with E-state index >= 15 is 0 Å². The summed E-state index contributed by atoms with van der Waals surface area (Å²) in [6.07, 6.45) is 1.35. The summed E-state index contributed by atoms with van der Waals surface area (Å²) in [5, 5.41) is 0.401. The zero-order chi connectivity index (χ0) is 24.5. The van der Waals surface area contributed by atoms with Crippen molar-refractivity contribution in [3.63, 3.8) is 0 Å². The largest absolute Gasteiger partial charge is 0.338 e. The van der Waals surface area contributed by atoms with Crippen LogP contribution in [0.25, 0.3) is 16.6 Å². The van der Waals surface area contributed by atoms with E-state index in [0.717, 1.165) is 12.0 Å². The van der Waals surface area contributed by atoms with Crippen molar-refractivity contribution >= 4 is 38.4 Å². The molecule has 0 N–H and O–H groups in total. The number of para-hydroxylation sites is 1. The summed E-state index contributed by atoms with van der Waals surface area (Å²) in [5.74, 6) is -0.0280. The SMILES string of the molecule is CCc1ccc(-n2c(S[C@@H](C)C(=O)N(CC)[C@H]3CCS(=O)(=O)C3)nc3ccccc3c2=O)cc1. The van der Waals surface area contributed by atoms with Crippen LogP contribution >= 0.6 is 11.8 Å². The number of hydrogen-bond acceptors (Lipinski definition) is 6. The highest BCUT2D eigenvalue weighted by Crippen LogP contribution is 2.28. The number of fused-ring (bicyclic) bond motifs is 1. The number of rotatable bonds is 7. The van der Waals surface area contributed by atoms with E-state index < -0.39 is 15.1 Å². The summed E-state index contributed by atoms with van der Waals surface area (Å²) in [4.78, 5) is 33.2. The van der Waals surface area contributed by atoms with Gasteiger partial charge in [0.15, 0.2) is 15.0 Å². The van der Waals surface area contributed by atoms with Gasteiger partial charge in [0, 0.05) is 12.6 Å². The fourth-order valence-corrected chi connectivity index (χ4v) is 7.08. The van der Waals surface area contributed by atoms with E-state index in [-0.39, 0.29) is 29.0 Å². The predicted octanol–water partition coefficient (Wildman–Crippen LogP) is 3.46. The molecule has 1 aliphatic heterocycles. The van der Waals surface area contributed by atoms with Gasteiger partial charge in [-0.2, -0.15) is 0 Å². The number of hydrogen-bond donors (Lipinski definition) is 0. The molecule has 1 fully saturated rings. The third-order valence-corrected chi connectivity index (χ3v) is 9.04. The number of aromatic nitrogens is 2. The van der Waals surface area contributed by atoms with E-state index in [2.05, 4.69) is 6.92 Å². The van der Waals surface area contributed by atoms with Crippen molar-refractivity contribution in [2.75, 3.05) is 18.1 Å². The Bertz CT molecular complexity index is 1370. The van der Waals surface area contributed by atoms with E-state index in [1.165, 1.54) is 11.8 Å². The Morgan fingerprint density at radius 2 is 1.88 bits per heavy atom. The molecule has 9 heteroatoms. The van der Waals surface area contributed by atoms with Gasteiger partial charge in [-0.3, -0.25) is 14.2 Å². The predicted molar refractivity (Wildman–Crippen MR) is 136 cm³/mol. The maximum atomic E-state index is 13.5. The van der Waals surface area contributed by atoms with E-state index in [4.69, 9.17) is 4.98 Å². The molecule has 2 heterocycles. The normalized spacial score (nSPS) is 18.1. The van der Waals surface area contributed by atoms with E-state index in [1.54, 1.807) is 28.5 Å². The summed E-state index contributed by atoms with van der Waals surface area (Å²) < 4.78 is 25.5. The molecule has 0 radical (unpaired) electrons. The van der Waals surface area contributed by atoms with Crippen LogP contribution in [0.15, 0.2) is 58.5 Å². The lowest BCUT2D eigenvalue weighted by Crippen LogP contribution is -2.44. The first-order valence-corrected chi connectivity index (χ1v) is 14.2. The molecule has 1 aromatic heterocycles. The van der Waals surface area contributed by atoms with Crippen LogP contribution in [0.2, 0.25) is 0 Å². The molecule has 3 aromatic rings. The van der Waals surface area contributed by atoms with Crippen molar-refractivity contribution in [2.24, 2.45) is 0 Å². The first-order valence-electron chi connectivity index (χ1n) is 11.5. The maximum Gasteiger partial charge on any atom is 0.266 e. The Kier molecular flexibility index (Phi) is 7.14. The third-order valence-electron chi connectivity index (χ3n) is 6.25. The monoisotopic (exact) mass is 499 g/mol. The lowest BCUT2D eigenvalue weighted by atomic mass is 10.1. The van der Waals surface area contributed by atoms with Crippen LogP contribution in [-0.2, 0) is 21.1 Å². The molecule has 0 spiro atoms. The van der Waals surface area contributed by atoms with E-state index in [1.807, 2.05) is 43.3 Å². The smallest absolute Gasteiger partial charge is 0.266 e. The van der Waals surface area contributed by atoms with Gasteiger partial charge in [0.2, 0.25) is 5.91 Å². The maximum absolute atomic E-state index is 13.5. The number of carbonyl (C=O) groups is 1. The number of benzene rings is 2. The van der Waals surface area contributed by atoms with Gasteiger partial charge < -0.3 is 4.90 Å². The molecule has 1 saturated heterocycles. The van der Waals surface area contributed by atoms with Crippen molar-refractivity contribution in [1.29, 1.82) is 0 Å². The molecular formula is C25H29N3O4S2.